The Morgan fingerprint density at radius 3 is 2.53 bits per heavy atom. The lowest BCUT2D eigenvalue weighted by molar-refractivity contribution is 1.06. The van der Waals surface area contributed by atoms with Crippen molar-refractivity contribution >= 4 is 11.6 Å². The van der Waals surface area contributed by atoms with E-state index in [4.69, 9.17) is 11.6 Å². The fourth-order valence-corrected chi connectivity index (χ4v) is 1.63. The number of aryl methyl sites for hydroxylation is 1. The zero-order valence-electron chi connectivity index (χ0n) is 8.57. The molecule has 0 fully saturated rings. The Labute approximate surface area is 94.7 Å². The number of pyridine rings is 1. The predicted octanol–water partition coefficient (Wildman–Crippen LogP) is 3.63. The van der Waals surface area contributed by atoms with Crippen LogP contribution in [0.5, 0.6) is 0 Å². The van der Waals surface area contributed by atoms with Crippen LogP contribution in [0, 0.1) is 6.92 Å². The molecule has 2 heteroatoms. The van der Waals surface area contributed by atoms with E-state index in [1.165, 1.54) is 11.1 Å². The van der Waals surface area contributed by atoms with Crippen LogP contribution in [0.1, 0.15) is 16.8 Å². The number of halogens is 1. The molecule has 0 unspecified atom stereocenters. The zero-order chi connectivity index (χ0) is 10.7. The van der Waals surface area contributed by atoms with Crippen LogP contribution in [0.2, 0.25) is 5.02 Å². The maximum atomic E-state index is 5.82. The number of hydrogen-bond acceptors (Lipinski definition) is 1. The minimum absolute atomic E-state index is 0.774. The van der Waals surface area contributed by atoms with Crippen molar-refractivity contribution in [1.29, 1.82) is 0 Å². The van der Waals surface area contributed by atoms with Gasteiger partial charge in [0.25, 0.3) is 0 Å². The summed E-state index contributed by atoms with van der Waals surface area (Å²) in [7, 11) is 0. The summed E-state index contributed by atoms with van der Waals surface area (Å²) in [5, 5.41) is 0.774. The molecule has 1 nitrogen and oxygen atoms in total. The molecule has 2 rings (SSSR count). The van der Waals surface area contributed by atoms with Gasteiger partial charge < -0.3 is 0 Å². The molecule has 0 aliphatic heterocycles. The first-order chi connectivity index (χ1) is 7.24. The monoisotopic (exact) mass is 217 g/mol. The van der Waals surface area contributed by atoms with Crippen LogP contribution in [0.15, 0.2) is 42.6 Å². The molecule has 2 aromatic rings. The van der Waals surface area contributed by atoms with E-state index >= 15 is 0 Å². The van der Waals surface area contributed by atoms with Crippen LogP contribution >= 0.6 is 11.6 Å². The number of hydrogen-bond donors (Lipinski definition) is 0. The molecule has 15 heavy (non-hydrogen) atoms. The Balaban J connectivity index is 2.18. The molecule has 0 atom stereocenters. The Kier molecular flexibility index (Phi) is 3.02. The van der Waals surface area contributed by atoms with Gasteiger partial charge in [0.2, 0.25) is 0 Å². The summed E-state index contributed by atoms with van der Waals surface area (Å²) in [4.78, 5) is 4.32. The number of rotatable bonds is 2. The van der Waals surface area contributed by atoms with E-state index in [0.29, 0.717) is 0 Å². The number of aromatic nitrogens is 1. The summed E-state index contributed by atoms with van der Waals surface area (Å²) >= 11 is 5.82. The zero-order valence-corrected chi connectivity index (χ0v) is 9.33. The van der Waals surface area contributed by atoms with Crippen molar-refractivity contribution in [3.63, 3.8) is 0 Å². The van der Waals surface area contributed by atoms with Crippen molar-refractivity contribution in [1.82, 2.24) is 4.98 Å². The van der Waals surface area contributed by atoms with Gasteiger partial charge in [0.15, 0.2) is 0 Å². The highest BCUT2D eigenvalue weighted by molar-refractivity contribution is 6.30. The van der Waals surface area contributed by atoms with Crippen molar-refractivity contribution in [3.8, 4) is 0 Å². The van der Waals surface area contributed by atoms with Crippen LogP contribution in [-0.2, 0) is 6.42 Å². The number of benzene rings is 1. The average Bonchev–Trinajstić information content (AvgIpc) is 2.22. The minimum Gasteiger partial charge on any atom is -0.261 e. The first-order valence-corrected chi connectivity index (χ1v) is 5.28. The third-order valence-electron chi connectivity index (χ3n) is 2.27. The standard InChI is InChI=1S/C13H12ClN/c1-10-6-7-15-13(8-10)9-11-2-4-12(14)5-3-11/h2-8H,9H2,1H3. The SMILES string of the molecule is Cc1ccnc(Cc2ccc(Cl)cc2)c1. The summed E-state index contributed by atoms with van der Waals surface area (Å²) in [6.07, 6.45) is 2.71. The minimum atomic E-state index is 0.774. The Morgan fingerprint density at radius 1 is 1.13 bits per heavy atom. The lowest BCUT2D eigenvalue weighted by Crippen LogP contribution is -1.92. The molecule has 0 saturated heterocycles. The van der Waals surface area contributed by atoms with E-state index < -0.39 is 0 Å². The molecule has 0 radical (unpaired) electrons. The highest BCUT2D eigenvalue weighted by atomic mass is 35.5. The Bertz CT molecular complexity index is 448. The highest BCUT2D eigenvalue weighted by Gasteiger charge is 1.97. The highest BCUT2D eigenvalue weighted by Crippen LogP contribution is 2.12. The summed E-state index contributed by atoms with van der Waals surface area (Å²) in [6, 6.07) is 12.0. The van der Waals surface area contributed by atoms with Crippen molar-refractivity contribution in [2.75, 3.05) is 0 Å². The van der Waals surface area contributed by atoms with E-state index in [-0.39, 0.29) is 0 Å². The summed E-state index contributed by atoms with van der Waals surface area (Å²) in [5.41, 5.74) is 3.57. The van der Waals surface area contributed by atoms with Gasteiger partial charge in [-0.15, -0.1) is 0 Å². The molecule has 1 aromatic heterocycles. The first-order valence-electron chi connectivity index (χ1n) is 4.90. The summed E-state index contributed by atoms with van der Waals surface area (Å²) < 4.78 is 0. The lowest BCUT2D eigenvalue weighted by Gasteiger charge is -2.02. The molecule has 0 amide bonds. The van der Waals surface area contributed by atoms with E-state index in [1.807, 2.05) is 36.5 Å². The third-order valence-corrected chi connectivity index (χ3v) is 2.52. The largest absolute Gasteiger partial charge is 0.261 e. The van der Waals surface area contributed by atoms with Gasteiger partial charge in [-0.1, -0.05) is 23.7 Å². The second-order valence-electron chi connectivity index (χ2n) is 3.63. The van der Waals surface area contributed by atoms with Crippen LogP contribution in [0.3, 0.4) is 0 Å². The molecule has 0 spiro atoms. The van der Waals surface area contributed by atoms with Crippen molar-refractivity contribution in [3.05, 3.63) is 64.4 Å². The van der Waals surface area contributed by atoms with E-state index in [0.717, 1.165) is 17.1 Å². The van der Waals surface area contributed by atoms with Gasteiger partial charge in [-0.3, -0.25) is 4.98 Å². The van der Waals surface area contributed by atoms with Crippen LogP contribution in [-0.4, -0.2) is 4.98 Å². The fourth-order valence-electron chi connectivity index (χ4n) is 1.51. The van der Waals surface area contributed by atoms with Crippen LogP contribution < -0.4 is 0 Å². The lowest BCUT2D eigenvalue weighted by atomic mass is 10.1. The molecule has 0 aliphatic rings. The molecule has 0 bridgehead atoms. The second-order valence-corrected chi connectivity index (χ2v) is 4.06. The smallest absolute Gasteiger partial charge is 0.0450 e. The molecular formula is C13H12ClN. The van der Waals surface area contributed by atoms with Gasteiger partial charge in [0, 0.05) is 23.3 Å². The molecule has 1 heterocycles. The molecule has 0 aliphatic carbocycles. The summed E-state index contributed by atoms with van der Waals surface area (Å²) in [6.45, 7) is 2.08. The van der Waals surface area contributed by atoms with Crippen molar-refractivity contribution < 1.29 is 0 Å². The van der Waals surface area contributed by atoms with Crippen LogP contribution in [0.25, 0.3) is 0 Å². The quantitative estimate of drug-likeness (QED) is 0.749. The Hall–Kier alpha value is -1.34. The van der Waals surface area contributed by atoms with Gasteiger partial charge >= 0.3 is 0 Å². The number of nitrogens with zero attached hydrogens (tertiary/aromatic N) is 1. The van der Waals surface area contributed by atoms with Gasteiger partial charge in [0.05, 0.1) is 0 Å². The molecule has 76 valence electrons. The Morgan fingerprint density at radius 2 is 1.87 bits per heavy atom. The van der Waals surface area contributed by atoms with Crippen molar-refractivity contribution in [2.45, 2.75) is 13.3 Å². The normalized spacial score (nSPS) is 10.3. The molecular weight excluding hydrogens is 206 g/mol. The summed E-state index contributed by atoms with van der Waals surface area (Å²) in [5.74, 6) is 0. The topological polar surface area (TPSA) is 12.9 Å². The van der Waals surface area contributed by atoms with Gasteiger partial charge in [0.1, 0.15) is 0 Å². The maximum Gasteiger partial charge on any atom is 0.0450 e. The maximum absolute atomic E-state index is 5.82. The molecule has 0 saturated carbocycles. The van der Waals surface area contributed by atoms with Gasteiger partial charge in [-0.25, -0.2) is 0 Å². The average molecular weight is 218 g/mol. The van der Waals surface area contributed by atoms with Gasteiger partial charge in [-0.05, 0) is 42.3 Å². The molecule has 0 N–H and O–H groups in total. The van der Waals surface area contributed by atoms with E-state index in [9.17, 15) is 0 Å². The predicted molar refractivity (Wildman–Crippen MR) is 63.2 cm³/mol. The second kappa shape index (κ2) is 4.45. The van der Waals surface area contributed by atoms with Gasteiger partial charge in [-0.2, -0.15) is 0 Å². The fraction of sp³-hybridized carbons (Fsp3) is 0.154. The van der Waals surface area contributed by atoms with Crippen LogP contribution in [0.4, 0.5) is 0 Å². The van der Waals surface area contributed by atoms with Crippen molar-refractivity contribution in [2.24, 2.45) is 0 Å². The van der Waals surface area contributed by atoms with E-state index in [2.05, 4.69) is 18.0 Å². The van der Waals surface area contributed by atoms with E-state index in [1.54, 1.807) is 0 Å². The molecule has 1 aromatic carbocycles. The third kappa shape index (κ3) is 2.80. The first kappa shape index (κ1) is 10.2.